The van der Waals surface area contributed by atoms with Crippen LogP contribution in [0.2, 0.25) is 5.02 Å². The second-order valence-corrected chi connectivity index (χ2v) is 4.00. The molecule has 1 amide bonds. The zero-order valence-corrected chi connectivity index (χ0v) is 10.3. The number of benzene rings is 1. The second kappa shape index (κ2) is 6.51. The van der Waals surface area contributed by atoms with E-state index >= 15 is 0 Å². The van der Waals surface area contributed by atoms with Crippen LogP contribution in [0.3, 0.4) is 0 Å². The molecule has 1 unspecified atom stereocenters. The Morgan fingerprint density at radius 1 is 1.44 bits per heavy atom. The Morgan fingerprint density at radius 2 is 2.12 bits per heavy atom. The van der Waals surface area contributed by atoms with Crippen LogP contribution in [-0.2, 0) is 4.79 Å². The Balaban J connectivity index is 2.55. The molecule has 0 radical (unpaired) electrons. The van der Waals surface area contributed by atoms with Crippen molar-refractivity contribution >= 4 is 17.5 Å². The van der Waals surface area contributed by atoms with Gasteiger partial charge in [0.25, 0.3) is 0 Å². The normalized spacial score (nSPS) is 12.2. The van der Waals surface area contributed by atoms with E-state index in [1.54, 1.807) is 0 Å². The molecule has 1 aromatic rings. The minimum atomic E-state index is -0.0696. The van der Waals surface area contributed by atoms with E-state index < -0.39 is 0 Å². The summed E-state index contributed by atoms with van der Waals surface area (Å²) in [6.07, 6.45) is 0. The van der Waals surface area contributed by atoms with Crippen molar-refractivity contribution in [1.82, 2.24) is 10.6 Å². The Bertz CT molecular complexity index is 355. The zero-order valence-electron chi connectivity index (χ0n) is 9.59. The lowest BCUT2D eigenvalue weighted by atomic mass is 10.1. The molecule has 0 fully saturated rings. The SMILES string of the molecule is CCNCC(=O)NC(C)c1ccccc1Cl. The number of carbonyl (C=O) groups excluding carboxylic acids is 1. The van der Waals surface area contributed by atoms with Crippen molar-refractivity contribution in [2.75, 3.05) is 13.1 Å². The van der Waals surface area contributed by atoms with Crippen molar-refractivity contribution in [3.05, 3.63) is 34.9 Å². The summed E-state index contributed by atoms with van der Waals surface area (Å²) in [4.78, 5) is 11.5. The number of hydrogen-bond acceptors (Lipinski definition) is 2. The van der Waals surface area contributed by atoms with E-state index in [1.165, 1.54) is 0 Å². The van der Waals surface area contributed by atoms with Gasteiger partial charge < -0.3 is 10.6 Å². The highest BCUT2D eigenvalue weighted by Crippen LogP contribution is 2.21. The maximum atomic E-state index is 11.5. The van der Waals surface area contributed by atoms with Gasteiger partial charge in [-0.25, -0.2) is 0 Å². The molecule has 0 saturated carbocycles. The lowest BCUT2D eigenvalue weighted by Gasteiger charge is -2.15. The van der Waals surface area contributed by atoms with E-state index in [1.807, 2.05) is 38.1 Å². The summed E-state index contributed by atoms with van der Waals surface area (Å²) in [6.45, 7) is 5.01. The Morgan fingerprint density at radius 3 is 2.75 bits per heavy atom. The van der Waals surface area contributed by atoms with Gasteiger partial charge in [0.2, 0.25) is 5.91 Å². The number of carbonyl (C=O) groups is 1. The highest BCUT2D eigenvalue weighted by Gasteiger charge is 2.11. The van der Waals surface area contributed by atoms with Gasteiger partial charge in [-0.1, -0.05) is 36.7 Å². The average Bonchev–Trinajstić information content (AvgIpc) is 2.26. The van der Waals surface area contributed by atoms with Crippen LogP contribution in [0.1, 0.15) is 25.5 Å². The van der Waals surface area contributed by atoms with E-state index in [-0.39, 0.29) is 11.9 Å². The van der Waals surface area contributed by atoms with E-state index in [0.29, 0.717) is 11.6 Å². The number of rotatable bonds is 5. The largest absolute Gasteiger partial charge is 0.348 e. The quantitative estimate of drug-likeness (QED) is 0.828. The van der Waals surface area contributed by atoms with Gasteiger partial charge in [0, 0.05) is 5.02 Å². The van der Waals surface area contributed by atoms with Crippen molar-refractivity contribution < 1.29 is 4.79 Å². The molecule has 1 rings (SSSR count). The van der Waals surface area contributed by atoms with Gasteiger partial charge in [0.05, 0.1) is 12.6 Å². The van der Waals surface area contributed by atoms with E-state index in [9.17, 15) is 4.79 Å². The summed E-state index contributed by atoms with van der Waals surface area (Å²) in [5.41, 5.74) is 0.939. The van der Waals surface area contributed by atoms with Crippen molar-refractivity contribution in [3.63, 3.8) is 0 Å². The van der Waals surface area contributed by atoms with E-state index in [0.717, 1.165) is 12.1 Å². The molecule has 0 saturated heterocycles. The van der Waals surface area contributed by atoms with Crippen LogP contribution in [0.15, 0.2) is 24.3 Å². The molecule has 4 heteroatoms. The number of halogens is 1. The lowest BCUT2D eigenvalue weighted by Crippen LogP contribution is -2.35. The van der Waals surface area contributed by atoms with Gasteiger partial charge in [0.1, 0.15) is 0 Å². The van der Waals surface area contributed by atoms with Gasteiger partial charge in [-0.2, -0.15) is 0 Å². The second-order valence-electron chi connectivity index (χ2n) is 3.59. The van der Waals surface area contributed by atoms with Crippen LogP contribution in [0, 0.1) is 0 Å². The molecule has 0 aromatic heterocycles. The van der Waals surface area contributed by atoms with Gasteiger partial charge >= 0.3 is 0 Å². The minimum absolute atomic E-state index is 0.0192. The van der Waals surface area contributed by atoms with Crippen molar-refractivity contribution in [2.24, 2.45) is 0 Å². The lowest BCUT2D eigenvalue weighted by molar-refractivity contribution is -0.120. The Hall–Kier alpha value is -1.06. The average molecular weight is 241 g/mol. The molecule has 0 aliphatic carbocycles. The standard InChI is InChI=1S/C12H17ClN2O/c1-3-14-8-12(16)15-9(2)10-6-4-5-7-11(10)13/h4-7,9,14H,3,8H2,1-2H3,(H,15,16). The third kappa shape index (κ3) is 3.83. The van der Waals surface area contributed by atoms with Gasteiger partial charge in [0.15, 0.2) is 0 Å². The first-order valence-electron chi connectivity index (χ1n) is 5.39. The van der Waals surface area contributed by atoms with Crippen LogP contribution in [-0.4, -0.2) is 19.0 Å². The van der Waals surface area contributed by atoms with Crippen molar-refractivity contribution in [3.8, 4) is 0 Å². The first kappa shape index (κ1) is 13.0. The summed E-state index contributed by atoms with van der Waals surface area (Å²) >= 11 is 6.04. The van der Waals surface area contributed by atoms with Crippen LogP contribution in [0.25, 0.3) is 0 Å². The number of amides is 1. The molecule has 88 valence electrons. The zero-order chi connectivity index (χ0) is 12.0. The molecule has 0 aliphatic heterocycles. The molecule has 0 bridgehead atoms. The number of hydrogen-bond donors (Lipinski definition) is 2. The molecular formula is C12H17ClN2O. The smallest absolute Gasteiger partial charge is 0.234 e. The van der Waals surface area contributed by atoms with Crippen LogP contribution in [0.5, 0.6) is 0 Å². The summed E-state index contributed by atoms with van der Waals surface area (Å²) < 4.78 is 0. The summed E-state index contributed by atoms with van der Waals surface area (Å²) in [5.74, 6) is -0.0192. The monoisotopic (exact) mass is 240 g/mol. The van der Waals surface area contributed by atoms with Gasteiger partial charge in [-0.3, -0.25) is 4.79 Å². The molecule has 1 atom stereocenters. The Labute approximate surface area is 101 Å². The first-order valence-corrected chi connectivity index (χ1v) is 5.77. The maximum Gasteiger partial charge on any atom is 0.234 e. The molecule has 0 aliphatic rings. The molecule has 2 N–H and O–H groups in total. The summed E-state index contributed by atoms with van der Waals surface area (Å²) in [5, 5.41) is 6.54. The Kier molecular flexibility index (Phi) is 5.29. The fraction of sp³-hybridized carbons (Fsp3) is 0.417. The molecule has 1 aromatic carbocycles. The molecule has 3 nitrogen and oxygen atoms in total. The topological polar surface area (TPSA) is 41.1 Å². The predicted molar refractivity (Wildman–Crippen MR) is 66.6 cm³/mol. The predicted octanol–water partition coefficient (Wildman–Crippen LogP) is 2.13. The fourth-order valence-corrected chi connectivity index (χ4v) is 1.73. The van der Waals surface area contributed by atoms with Crippen molar-refractivity contribution in [2.45, 2.75) is 19.9 Å². The third-order valence-electron chi connectivity index (χ3n) is 2.28. The highest BCUT2D eigenvalue weighted by molar-refractivity contribution is 6.31. The summed E-state index contributed by atoms with van der Waals surface area (Å²) in [6, 6.07) is 7.46. The van der Waals surface area contributed by atoms with Crippen LogP contribution in [0.4, 0.5) is 0 Å². The fourth-order valence-electron chi connectivity index (χ4n) is 1.44. The number of likely N-dealkylation sites (N-methyl/N-ethyl adjacent to an activating group) is 1. The molecule has 16 heavy (non-hydrogen) atoms. The first-order chi connectivity index (χ1) is 7.65. The van der Waals surface area contributed by atoms with Crippen LogP contribution >= 0.6 is 11.6 Å². The van der Waals surface area contributed by atoms with E-state index in [4.69, 9.17) is 11.6 Å². The molecule has 0 spiro atoms. The maximum absolute atomic E-state index is 11.5. The molecule has 0 heterocycles. The van der Waals surface area contributed by atoms with Gasteiger partial charge in [-0.05, 0) is 25.1 Å². The third-order valence-corrected chi connectivity index (χ3v) is 2.63. The molecular weight excluding hydrogens is 224 g/mol. The highest BCUT2D eigenvalue weighted by atomic mass is 35.5. The minimum Gasteiger partial charge on any atom is -0.348 e. The summed E-state index contributed by atoms with van der Waals surface area (Å²) in [7, 11) is 0. The van der Waals surface area contributed by atoms with E-state index in [2.05, 4.69) is 10.6 Å². The van der Waals surface area contributed by atoms with Crippen molar-refractivity contribution in [1.29, 1.82) is 0 Å². The number of nitrogens with one attached hydrogen (secondary N) is 2. The van der Waals surface area contributed by atoms with Gasteiger partial charge in [-0.15, -0.1) is 0 Å². The van der Waals surface area contributed by atoms with Crippen LogP contribution < -0.4 is 10.6 Å².